The van der Waals surface area contributed by atoms with E-state index in [9.17, 15) is 19.5 Å². The van der Waals surface area contributed by atoms with E-state index in [0.29, 0.717) is 5.90 Å². The van der Waals surface area contributed by atoms with Crippen molar-refractivity contribution >= 4 is 29.8 Å². The molecule has 0 spiro atoms. The molecule has 216 valence electrons. The van der Waals surface area contributed by atoms with Crippen molar-refractivity contribution in [1.29, 1.82) is 0 Å². The third kappa shape index (κ3) is 11.8. The number of hydrogen-bond donors (Lipinski definition) is 5. The second kappa shape index (κ2) is 16.9. The molecule has 41 heavy (non-hydrogen) atoms. The van der Waals surface area contributed by atoms with Crippen LogP contribution in [0.15, 0.2) is 113 Å². The zero-order valence-electron chi connectivity index (χ0n) is 23.2. The summed E-state index contributed by atoms with van der Waals surface area (Å²) in [5.41, 5.74) is 7.14. The summed E-state index contributed by atoms with van der Waals surface area (Å²) in [5.74, 6) is -2.96. The van der Waals surface area contributed by atoms with Crippen LogP contribution in [0.4, 0.5) is 0 Å². The van der Waals surface area contributed by atoms with Crippen LogP contribution in [0.3, 0.4) is 0 Å². The summed E-state index contributed by atoms with van der Waals surface area (Å²) in [4.78, 5) is 42.0. The number of nitrogens with two attached hydrogens (primary N) is 1. The molecular weight excluding hydrogens is 524 g/mol. The van der Waals surface area contributed by atoms with Crippen molar-refractivity contribution in [2.24, 2.45) is 10.7 Å². The van der Waals surface area contributed by atoms with Crippen molar-refractivity contribution in [3.05, 3.63) is 114 Å². The van der Waals surface area contributed by atoms with Crippen LogP contribution < -0.4 is 11.1 Å². The van der Waals surface area contributed by atoms with Gasteiger partial charge in [-0.2, -0.15) is 0 Å². The van der Waals surface area contributed by atoms with Crippen LogP contribution in [0.2, 0.25) is 0 Å². The first-order valence-electron chi connectivity index (χ1n) is 12.9. The molecule has 6 N–H and O–H groups in total. The molecule has 1 aliphatic heterocycles. The normalized spacial score (nSPS) is 20.0. The minimum atomic E-state index is -2.04. The number of aromatic nitrogens is 1. The number of carbonyl (C=O) groups is 3. The molecule has 10 heteroatoms. The highest BCUT2D eigenvalue weighted by Gasteiger charge is 2.32. The Labute approximate surface area is 239 Å². The number of aliphatic imine (C=N–C) groups is 1. The number of aromatic amines is 1. The second-order valence-corrected chi connectivity index (χ2v) is 9.04. The van der Waals surface area contributed by atoms with Crippen LogP contribution in [0.25, 0.3) is 6.08 Å². The molecule has 1 aromatic rings. The fraction of sp³-hybridized carbons (Fsp3) is 0.226. The molecule has 0 radical (unpaired) electrons. The van der Waals surface area contributed by atoms with Gasteiger partial charge >= 0.3 is 5.97 Å². The van der Waals surface area contributed by atoms with Crippen LogP contribution in [-0.4, -0.2) is 63.2 Å². The smallest absolute Gasteiger partial charge is 0.329 e. The fourth-order valence-corrected chi connectivity index (χ4v) is 3.36. The summed E-state index contributed by atoms with van der Waals surface area (Å²) in [6.45, 7) is 5.47. The number of carbonyl (C=O) groups excluding carboxylic acids is 2. The van der Waals surface area contributed by atoms with E-state index < -0.39 is 29.9 Å². The lowest BCUT2D eigenvalue weighted by molar-refractivity contribution is -0.148. The Kier molecular flexibility index (Phi) is 13.3. The Morgan fingerprint density at radius 1 is 1.05 bits per heavy atom. The Hall–Kier alpha value is -4.96. The number of nitrogens with zero attached hydrogens (tertiary/aromatic N) is 1. The lowest BCUT2D eigenvalue weighted by Gasteiger charge is -2.17. The van der Waals surface area contributed by atoms with Gasteiger partial charge in [0.1, 0.15) is 12.1 Å². The van der Waals surface area contributed by atoms with Gasteiger partial charge in [-0.05, 0) is 39.0 Å². The van der Waals surface area contributed by atoms with Crippen LogP contribution >= 0.6 is 0 Å². The number of carboxylic acid groups (broad SMARTS) is 1. The maximum Gasteiger partial charge on any atom is 0.329 e. The number of ether oxygens (including phenoxy) is 1. The number of amides is 2. The average Bonchev–Trinajstić information content (AvgIpc) is 3.57. The number of hydrogen-bond acceptors (Lipinski definition) is 6. The first-order valence-corrected chi connectivity index (χ1v) is 12.9. The molecule has 1 aromatic heterocycles. The Balaban J connectivity index is 1.78. The van der Waals surface area contributed by atoms with Crippen molar-refractivity contribution in [2.75, 3.05) is 0 Å². The highest BCUT2D eigenvalue weighted by atomic mass is 16.5. The highest BCUT2D eigenvalue weighted by Crippen LogP contribution is 2.17. The third-order valence-electron chi connectivity index (χ3n) is 5.64. The minimum absolute atomic E-state index is 0.0379. The highest BCUT2D eigenvalue weighted by molar-refractivity contribution is 5.97. The van der Waals surface area contributed by atoms with E-state index in [1.165, 1.54) is 13.0 Å². The predicted molar refractivity (Wildman–Crippen MR) is 160 cm³/mol. The summed E-state index contributed by atoms with van der Waals surface area (Å²) in [6.07, 6.45) is 25.3. The molecule has 0 bridgehead atoms. The van der Waals surface area contributed by atoms with Gasteiger partial charge in [-0.25, -0.2) is 9.79 Å². The first-order chi connectivity index (χ1) is 19.6. The van der Waals surface area contributed by atoms with Gasteiger partial charge in [-0.1, -0.05) is 78.5 Å². The van der Waals surface area contributed by atoms with E-state index in [4.69, 9.17) is 15.6 Å². The van der Waals surface area contributed by atoms with E-state index in [1.807, 2.05) is 80.8 Å². The van der Waals surface area contributed by atoms with Gasteiger partial charge in [0.25, 0.3) is 0 Å². The molecule has 2 heterocycles. The Bertz CT molecular complexity index is 1330. The molecule has 4 atom stereocenters. The zero-order valence-corrected chi connectivity index (χ0v) is 23.2. The molecule has 0 saturated heterocycles. The SMILES string of the molecule is CC(/C=C/C=C/C=C/C=C/C=C/C=C(\C)C(=O)NC(C(=O)O)C(O)C(N)=O)=C\[C@H]1N=C(/C=C/c2ccc[nH]2)O[C@@H]1C. The molecule has 2 amide bonds. The zero-order chi connectivity index (χ0) is 30.2. The predicted octanol–water partition coefficient (Wildman–Crippen LogP) is 3.30. The molecule has 0 aromatic carbocycles. The van der Waals surface area contributed by atoms with Gasteiger partial charge in [0, 0.05) is 23.5 Å². The van der Waals surface area contributed by atoms with Crippen LogP contribution in [0.5, 0.6) is 0 Å². The number of nitrogens with one attached hydrogen (secondary N) is 2. The van der Waals surface area contributed by atoms with Crippen molar-refractivity contribution < 1.29 is 29.3 Å². The molecule has 2 unspecified atom stereocenters. The van der Waals surface area contributed by atoms with Gasteiger partial charge in [-0.3, -0.25) is 9.59 Å². The van der Waals surface area contributed by atoms with Gasteiger partial charge in [0.05, 0.1) is 0 Å². The molecular formula is C31H36N4O6. The van der Waals surface area contributed by atoms with Crippen molar-refractivity contribution in [2.45, 2.75) is 45.1 Å². The number of primary amides is 1. The molecule has 0 aliphatic carbocycles. The Morgan fingerprint density at radius 2 is 1.68 bits per heavy atom. The number of aliphatic carboxylic acids is 1. The van der Waals surface area contributed by atoms with Crippen LogP contribution in [0, 0.1) is 0 Å². The van der Waals surface area contributed by atoms with E-state index in [-0.39, 0.29) is 17.7 Å². The maximum atomic E-state index is 12.1. The fourth-order valence-electron chi connectivity index (χ4n) is 3.36. The second-order valence-electron chi connectivity index (χ2n) is 9.04. The van der Waals surface area contributed by atoms with E-state index in [2.05, 4.69) is 21.4 Å². The van der Waals surface area contributed by atoms with Crippen molar-refractivity contribution in [3.8, 4) is 0 Å². The maximum absolute atomic E-state index is 12.1. The minimum Gasteiger partial charge on any atom is -0.480 e. The molecule has 10 nitrogen and oxygen atoms in total. The lowest BCUT2D eigenvalue weighted by Crippen LogP contribution is -2.53. The third-order valence-corrected chi connectivity index (χ3v) is 5.64. The number of carboxylic acids is 1. The van der Waals surface area contributed by atoms with Crippen molar-refractivity contribution in [1.82, 2.24) is 10.3 Å². The average molecular weight is 561 g/mol. The lowest BCUT2D eigenvalue weighted by atomic mass is 10.1. The van der Waals surface area contributed by atoms with Gasteiger partial charge in [0.15, 0.2) is 12.1 Å². The van der Waals surface area contributed by atoms with Gasteiger partial charge in [-0.15, -0.1) is 0 Å². The monoisotopic (exact) mass is 560 g/mol. The quantitative estimate of drug-likeness (QED) is 0.173. The summed E-state index contributed by atoms with van der Waals surface area (Å²) >= 11 is 0. The number of H-pyrrole nitrogens is 1. The van der Waals surface area contributed by atoms with Crippen LogP contribution in [-0.2, 0) is 19.1 Å². The number of aliphatic hydroxyl groups excluding tert-OH is 1. The van der Waals surface area contributed by atoms with Gasteiger partial charge in [0.2, 0.25) is 17.7 Å². The first kappa shape index (κ1) is 32.3. The number of rotatable bonds is 14. The number of aliphatic hydroxyl groups is 1. The summed E-state index contributed by atoms with van der Waals surface area (Å²) < 4.78 is 5.82. The molecule has 0 fully saturated rings. The summed E-state index contributed by atoms with van der Waals surface area (Å²) in [7, 11) is 0. The molecule has 1 aliphatic rings. The summed E-state index contributed by atoms with van der Waals surface area (Å²) in [5, 5.41) is 20.7. The van der Waals surface area contributed by atoms with Crippen LogP contribution in [0.1, 0.15) is 26.5 Å². The standard InChI is InChI=1S/C31H36N4O6/c1-21(20-25-23(3)41-26(34-25)18-17-24-16-13-19-33-24)14-11-9-7-5-4-6-8-10-12-15-22(2)30(38)35-27(31(39)40)28(36)29(32)37/h4-20,23,25,27-28,33,36H,1-3H3,(H2,32,37)(H,35,38)(H,39,40)/b5-4+,8-6+,9-7+,12-10+,14-11+,18-17+,21-20+,22-15+/t23-,25-,27?,28?/m1/s1. The summed E-state index contributed by atoms with van der Waals surface area (Å²) in [6, 6.07) is 2.02. The van der Waals surface area contributed by atoms with Crippen molar-refractivity contribution in [3.63, 3.8) is 0 Å². The molecule has 0 saturated carbocycles. The van der Waals surface area contributed by atoms with Gasteiger partial charge < -0.3 is 31.0 Å². The number of allylic oxidation sites excluding steroid dienone is 12. The van der Waals surface area contributed by atoms with E-state index in [0.717, 1.165) is 11.3 Å². The molecule has 2 rings (SSSR count). The Morgan fingerprint density at radius 3 is 2.27 bits per heavy atom. The topological polar surface area (TPSA) is 167 Å². The van der Waals surface area contributed by atoms with E-state index in [1.54, 1.807) is 24.3 Å². The largest absolute Gasteiger partial charge is 0.480 e. The van der Waals surface area contributed by atoms with E-state index >= 15 is 0 Å².